The van der Waals surface area contributed by atoms with Crippen molar-refractivity contribution in [1.82, 2.24) is 15.5 Å². The summed E-state index contributed by atoms with van der Waals surface area (Å²) >= 11 is 3.36. The van der Waals surface area contributed by atoms with Crippen LogP contribution in [0.3, 0.4) is 0 Å². The lowest BCUT2D eigenvalue weighted by Gasteiger charge is -2.20. The van der Waals surface area contributed by atoms with Crippen LogP contribution in [0.2, 0.25) is 0 Å². The van der Waals surface area contributed by atoms with Crippen LogP contribution in [0.25, 0.3) is 0 Å². The van der Waals surface area contributed by atoms with Gasteiger partial charge in [-0.15, -0.1) is 0 Å². The zero-order valence-electron chi connectivity index (χ0n) is 14.8. The summed E-state index contributed by atoms with van der Waals surface area (Å²) in [5.74, 6) is 0.428. The van der Waals surface area contributed by atoms with Gasteiger partial charge in [-0.3, -0.25) is 14.7 Å². The number of likely N-dealkylation sites (N-methyl/N-ethyl adjacent to an activating group) is 1. The molecule has 2 rings (SSSR count). The molecule has 1 aliphatic heterocycles. The molecule has 1 aliphatic rings. The lowest BCUT2D eigenvalue weighted by Crippen LogP contribution is -2.37. The summed E-state index contributed by atoms with van der Waals surface area (Å²) in [6, 6.07) is 7.83. The molecule has 1 heterocycles. The first-order valence-corrected chi connectivity index (χ1v) is 9.71. The number of guanidine groups is 1. The van der Waals surface area contributed by atoms with Crippen molar-refractivity contribution in [3.05, 3.63) is 34.3 Å². The topological polar surface area (TPSA) is 82.8 Å². The van der Waals surface area contributed by atoms with Crippen molar-refractivity contribution in [3.8, 4) is 0 Å². The first-order valence-electron chi connectivity index (χ1n) is 8.91. The van der Waals surface area contributed by atoms with Gasteiger partial charge in [0, 0.05) is 29.2 Å². The normalized spacial score (nSPS) is 18.3. The Hall–Kier alpha value is -1.60. The third-order valence-corrected chi connectivity index (χ3v) is 4.96. The van der Waals surface area contributed by atoms with Crippen LogP contribution in [-0.4, -0.2) is 55.5 Å². The molecule has 0 spiro atoms. The molecule has 1 aromatic rings. The predicted molar refractivity (Wildman–Crippen MR) is 106 cm³/mol. The van der Waals surface area contributed by atoms with E-state index in [1.54, 1.807) is 12.1 Å². The second-order valence-electron chi connectivity index (χ2n) is 6.19. The van der Waals surface area contributed by atoms with Gasteiger partial charge in [0.15, 0.2) is 5.96 Å². The van der Waals surface area contributed by atoms with Crippen LogP contribution >= 0.6 is 15.9 Å². The Bertz CT molecular complexity index is 575. The zero-order chi connectivity index (χ0) is 18.1. The summed E-state index contributed by atoms with van der Waals surface area (Å²) in [7, 11) is 0. The SMILES string of the molecule is CCN1CCCC1CN=C(N)NCCCNC(=O)c1ccc(Br)cc1. The van der Waals surface area contributed by atoms with E-state index in [-0.39, 0.29) is 5.91 Å². The first kappa shape index (κ1) is 19.7. The zero-order valence-corrected chi connectivity index (χ0v) is 16.4. The molecule has 0 bridgehead atoms. The number of amides is 1. The fourth-order valence-corrected chi connectivity index (χ4v) is 3.25. The molecule has 1 amide bonds. The number of nitrogens with zero attached hydrogens (tertiary/aromatic N) is 2. The second kappa shape index (κ2) is 10.4. The average molecular weight is 410 g/mol. The molecule has 138 valence electrons. The maximum absolute atomic E-state index is 12.0. The van der Waals surface area contributed by atoms with Gasteiger partial charge in [-0.25, -0.2) is 0 Å². The molecule has 6 nitrogen and oxygen atoms in total. The molecule has 1 unspecified atom stereocenters. The number of rotatable bonds is 8. The van der Waals surface area contributed by atoms with Gasteiger partial charge in [0.1, 0.15) is 0 Å². The van der Waals surface area contributed by atoms with Gasteiger partial charge in [0.2, 0.25) is 0 Å². The summed E-state index contributed by atoms with van der Waals surface area (Å²) in [6.07, 6.45) is 3.25. The Balaban J connectivity index is 1.59. The molecular weight excluding hydrogens is 382 g/mol. The highest BCUT2D eigenvalue weighted by molar-refractivity contribution is 9.10. The van der Waals surface area contributed by atoms with Crippen LogP contribution in [0.4, 0.5) is 0 Å². The van der Waals surface area contributed by atoms with Crippen LogP contribution in [0.15, 0.2) is 33.7 Å². The molecule has 0 aliphatic carbocycles. The van der Waals surface area contributed by atoms with Gasteiger partial charge in [-0.05, 0) is 56.6 Å². The fourth-order valence-electron chi connectivity index (χ4n) is 2.99. The Morgan fingerprint density at radius 1 is 1.32 bits per heavy atom. The first-order chi connectivity index (χ1) is 12.1. The third kappa shape index (κ3) is 6.66. The van der Waals surface area contributed by atoms with Crippen molar-refractivity contribution in [3.63, 3.8) is 0 Å². The lowest BCUT2D eigenvalue weighted by atomic mass is 10.2. The van der Waals surface area contributed by atoms with E-state index in [0.717, 1.165) is 24.0 Å². The molecule has 0 radical (unpaired) electrons. The minimum absolute atomic E-state index is 0.0602. The highest BCUT2D eigenvalue weighted by Crippen LogP contribution is 2.16. The summed E-state index contributed by atoms with van der Waals surface area (Å²) < 4.78 is 0.961. The number of hydrogen-bond donors (Lipinski definition) is 3. The van der Waals surface area contributed by atoms with E-state index >= 15 is 0 Å². The van der Waals surface area contributed by atoms with E-state index in [1.807, 2.05) is 12.1 Å². The van der Waals surface area contributed by atoms with Crippen LogP contribution < -0.4 is 16.4 Å². The molecule has 0 aromatic heterocycles. The van der Waals surface area contributed by atoms with Crippen molar-refractivity contribution in [2.24, 2.45) is 10.7 Å². The van der Waals surface area contributed by atoms with Gasteiger partial charge in [-0.1, -0.05) is 22.9 Å². The number of hydrogen-bond acceptors (Lipinski definition) is 3. The summed E-state index contributed by atoms with van der Waals surface area (Å²) in [5, 5.41) is 6.01. The van der Waals surface area contributed by atoms with Crippen LogP contribution in [0.1, 0.15) is 36.5 Å². The molecule has 0 saturated carbocycles. The van der Waals surface area contributed by atoms with Gasteiger partial charge in [0.05, 0.1) is 6.54 Å². The van der Waals surface area contributed by atoms with Gasteiger partial charge in [0.25, 0.3) is 5.91 Å². The predicted octanol–water partition coefficient (Wildman–Crippen LogP) is 1.96. The fraction of sp³-hybridized carbons (Fsp3) is 0.556. The van der Waals surface area contributed by atoms with E-state index < -0.39 is 0 Å². The average Bonchev–Trinajstić information content (AvgIpc) is 3.07. The van der Waals surface area contributed by atoms with E-state index in [9.17, 15) is 4.79 Å². The maximum atomic E-state index is 12.0. The number of aliphatic imine (C=N–C) groups is 1. The summed E-state index contributed by atoms with van der Waals surface area (Å²) in [4.78, 5) is 18.9. The molecule has 1 aromatic carbocycles. The second-order valence-corrected chi connectivity index (χ2v) is 7.11. The number of halogens is 1. The van der Waals surface area contributed by atoms with E-state index in [4.69, 9.17) is 5.73 Å². The van der Waals surface area contributed by atoms with Crippen LogP contribution in [0.5, 0.6) is 0 Å². The van der Waals surface area contributed by atoms with Gasteiger partial charge in [-0.2, -0.15) is 0 Å². The molecular formula is C18H28BrN5O. The van der Waals surface area contributed by atoms with Gasteiger partial charge < -0.3 is 16.4 Å². The number of carbonyl (C=O) groups excluding carboxylic acids is 1. The van der Waals surface area contributed by atoms with Crippen LogP contribution in [0, 0.1) is 0 Å². The minimum Gasteiger partial charge on any atom is -0.370 e. The summed E-state index contributed by atoms with van der Waals surface area (Å²) in [5.41, 5.74) is 6.58. The smallest absolute Gasteiger partial charge is 0.251 e. The molecule has 1 fully saturated rings. The van der Waals surface area contributed by atoms with Crippen molar-refractivity contribution < 1.29 is 4.79 Å². The van der Waals surface area contributed by atoms with Crippen molar-refractivity contribution >= 4 is 27.8 Å². The molecule has 1 saturated heterocycles. The van der Waals surface area contributed by atoms with Gasteiger partial charge >= 0.3 is 0 Å². The number of benzene rings is 1. The van der Waals surface area contributed by atoms with Crippen molar-refractivity contribution in [1.29, 1.82) is 0 Å². The number of carbonyl (C=O) groups is 1. The van der Waals surface area contributed by atoms with Crippen molar-refractivity contribution in [2.75, 3.05) is 32.7 Å². The van der Waals surface area contributed by atoms with E-state index in [0.29, 0.717) is 30.7 Å². The number of nitrogens with one attached hydrogen (secondary N) is 2. The van der Waals surface area contributed by atoms with E-state index in [2.05, 4.69) is 43.4 Å². The molecule has 25 heavy (non-hydrogen) atoms. The maximum Gasteiger partial charge on any atom is 0.251 e. The Morgan fingerprint density at radius 3 is 2.76 bits per heavy atom. The largest absolute Gasteiger partial charge is 0.370 e. The Morgan fingerprint density at radius 2 is 2.04 bits per heavy atom. The highest BCUT2D eigenvalue weighted by atomic mass is 79.9. The summed E-state index contributed by atoms with van der Waals surface area (Å²) in [6.45, 7) is 6.48. The molecule has 7 heteroatoms. The van der Waals surface area contributed by atoms with E-state index in [1.165, 1.54) is 19.4 Å². The third-order valence-electron chi connectivity index (χ3n) is 4.43. The number of likely N-dealkylation sites (tertiary alicyclic amines) is 1. The number of nitrogens with two attached hydrogens (primary N) is 1. The van der Waals surface area contributed by atoms with Crippen molar-refractivity contribution in [2.45, 2.75) is 32.2 Å². The quantitative estimate of drug-likeness (QED) is 0.348. The Kier molecular flexibility index (Phi) is 8.21. The Labute approximate surface area is 158 Å². The highest BCUT2D eigenvalue weighted by Gasteiger charge is 2.22. The standard InChI is InChI=1S/C18H28BrN5O/c1-2-24-12-3-5-16(24)13-23-18(20)22-11-4-10-21-17(25)14-6-8-15(19)9-7-14/h6-9,16H,2-5,10-13H2,1H3,(H,21,25)(H3,20,22,23). The monoisotopic (exact) mass is 409 g/mol. The minimum atomic E-state index is -0.0602. The van der Waals surface area contributed by atoms with Crippen LogP contribution in [-0.2, 0) is 0 Å². The molecule has 1 atom stereocenters. The lowest BCUT2D eigenvalue weighted by molar-refractivity contribution is 0.0953. The molecule has 4 N–H and O–H groups in total.